The van der Waals surface area contributed by atoms with Crippen molar-refractivity contribution in [3.8, 4) is 0 Å². The number of hydrogen-bond donors (Lipinski definition) is 1. The summed E-state index contributed by atoms with van der Waals surface area (Å²) in [5, 5.41) is 8.29. The fourth-order valence-electron chi connectivity index (χ4n) is 3.55. The monoisotopic (exact) mass is 293 g/mol. The van der Waals surface area contributed by atoms with Gasteiger partial charge in [-0.25, -0.2) is 0 Å². The summed E-state index contributed by atoms with van der Waals surface area (Å²) >= 11 is 0. The topological polar surface area (TPSA) is 39.1 Å². The molecule has 1 saturated carbocycles. The van der Waals surface area contributed by atoms with Crippen molar-refractivity contribution in [1.29, 1.82) is 0 Å². The van der Waals surface area contributed by atoms with E-state index in [-0.39, 0.29) is 0 Å². The van der Waals surface area contributed by atoms with Crippen molar-refractivity contribution in [1.82, 2.24) is 15.1 Å². The van der Waals surface area contributed by atoms with E-state index in [2.05, 4.69) is 30.8 Å². The summed E-state index contributed by atoms with van der Waals surface area (Å²) in [4.78, 5) is 0. The number of rotatable bonds is 7. The van der Waals surface area contributed by atoms with E-state index in [0.717, 1.165) is 25.6 Å². The first kappa shape index (κ1) is 16.5. The molecule has 2 atom stereocenters. The van der Waals surface area contributed by atoms with E-state index in [0.29, 0.717) is 6.04 Å². The molecule has 120 valence electrons. The zero-order valence-corrected chi connectivity index (χ0v) is 14.1. The number of methoxy groups -OCH3 is 1. The van der Waals surface area contributed by atoms with Gasteiger partial charge in [-0.2, -0.15) is 5.10 Å². The van der Waals surface area contributed by atoms with Crippen LogP contribution in [-0.2, 0) is 11.3 Å². The van der Waals surface area contributed by atoms with Gasteiger partial charge >= 0.3 is 0 Å². The third-order valence-corrected chi connectivity index (χ3v) is 4.94. The summed E-state index contributed by atoms with van der Waals surface area (Å²) in [5.74, 6) is 0.885. The first-order valence-corrected chi connectivity index (χ1v) is 8.41. The van der Waals surface area contributed by atoms with Gasteiger partial charge in [0, 0.05) is 31.5 Å². The van der Waals surface area contributed by atoms with Crippen LogP contribution in [-0.4, -0.2) is 30.0 Å². The van der Waals surface area contributed by atoms with Gasteiger partial charge in [0.05, 0.1) is 18.3 Å². The van der Waals surface area contributed by atoms with Gasteiger partial charge in [0.2, 0.25) is 0 Å². The average Bonchev–Trinajstić information content (AvgIpc) is 2.79. The minimum atomic E-state index is 0.607. The highest BCUT2D eigenvalue weighted by molar-refractivity contribution is 5.25. The molecule has 0 radical (unpaired) electrons. The van der Waals surface area contributed by atoms with Crippen LogP contribution < -0.4 is 5.32 Å². The molecule has 2 unspecified atom stereocenters. The zero-order chi connectivity index (χ0) is 15.2. The molecular formula is C17H31N3O. The first-order chi connectivity index (χ1) is 10.2. The van der Waals surface area contributed by atoms with Crippen LogP contribution in [0.4, 0.5) is 0 Å². The van der Waals surface area contributed by atoms with Crippen LogP contribution in [0, 0.1) is 19.8 Å². The Morgan fingerprint density at radius 1 is 1.33 bits per heavy atom. The summed E-state index contributed by atoms with van der Waals surface area (Å²) in [5.41, 5.74) is 3.89. The molecule has 0 saturated heterocycles. The Morgan fingerprint density at radius 3 is 2.86 bits per heavy atom. The van der Waals surface area contributed by atoms with E-state index in [1.807, 2.05) is 0 Å². The Kier molecular flexibility index (Phi) is 6.24. The number of nitrogens with zero attached hydrogens (tertiary/aromatic N) is 2. The van der Waals surface area contributed by atoms with Crippen molar-refractivity contribution in [2.24, 2.45) is 5.92 Å². The Balaban J connectivity index is 2.03. The molecule has 1 fully saturated rings. The largest absolute Gasteiger partial charge is 0.383 e. The quantitative estimate of drug-likeness (QED) is 0.783. The highest BCUT2D eigenvalue weighted by Crippen LogP contribution is 2.35. The standard InChI is InChI=1S/C17H31N3O/c1-5-15-7-6-8-16(11-15)20-14(3)17(13(2)19-20)12-18-9-10-21-4/h15-16,18H,5-12H2,1-4H3. The summed E-state index contributed by atoms with van der Waals surface area (Å²) in [7, 11) is 1.74. The molecule has 1 N–H and O–H groups in total. The van der Waals surface area contributed by atoms with Gasteiger partial charge in [0.15, 0.2) is 0 Å². The molecule has 0 aliphatic heterocycles. The second kappa shape index (κ2) is 7.95. The number of ether oxygens (including phenoxy) is 1. The summed E-state index contributed by atoms with van der Waals surface area (Å²) in [6.45, 7) is 9.22. The molecule has 0 amide bonds. The van der Waals surface area contributed by atoms with Crippen LogP contribution in [0.1, 0.15) is 62.0 Å². The average molecular weight is 293 g/mol. The molecule has 2 rings (SSSR count). The highest BCUT2D eigenvalue weighted by Gasteiger charge is 2.25. The SMILES string of the molecule is CCC1CCCC(n2nc(C)c(CNCCOC)c2C)C1. The normalized spacial score (nSPS) is 22.7. The minimum absolute atomic E-state index is 0.607. The summed E-state index contributed by atoms with van der Waals surface area (Å²) < 4.78 is 7.39. The highest BCUT2D eigenvalue weighted by atomic mass is 16.5. The maximum Gasteiger partial charge on any atom is 0.0641 e. The molecule has 1 aromatic heterocycles. The molecule has 21 heavy (non-hydrogen) atoms. The Morgan fingerprint density at radius 2 is 2.14 bits per heavy atom. The predicted octanol–water partition coefficient (Wildman–Crippen LogP) is 3.38. The van der Waals surface area contributed by atoms with Crippen LogP contribution in [0.25, 0.3) is 0 Å². The molecule has 1 aliphatic rings. The number of aryl methyl sites for hydroxylation is 1. The predicted molar refractivity (Wildman–Crippen MR) is 86.6 cm³/mol. The lowest BCUT2D eigenvalue weighted by atomic mass is 9.84. The second-order valence-corrected chi connectivity index (χ2v) is 6.36. The fraction of sp³-hybridized carbons (Fsp3) is 0.824. The molecule has 1 aliphatic carbocycles. The zero-order valence-electron chi connectivity index (χ0n) is 14.1. The molecule has 0 bridgehead atoms. The first-order valence-electron chi connectivity index (χ1n) is 8.41. The number of nitrogens with one attached hydrogen (secondary N) is 1. The number of aromatic nitrogens is 2. The molecule has 4 heteroatoms. The molecular weight excluding hydrogens is 262 g/mol. The van der Waals surface area contributed by atoms with E-state index in [1.165, 1.54) is 49.1 Å². The van der Waals surface area contributed by atoms with Crippen LogP contribution in [0.2, 0.25) is 0 Å². The van der Waals surface area contributed by atoms with Gasteiger partial charge in [0.1, 0.15) is 0 Å². The Bertz CT molecular complexity index is 441. The van der Waals surface area contributed by atoms with Crippen molar-refractivity contribution >= 4 is 0 Å². The molecule has 0 aromatic carbocycles. The maximum absolute atomic E-state index is 5.08. The summed E-state index contributed by atoms with van der Waals surface area (Å²) in [6, 6.07) is 0.607. The van der Waals surface area contributed by atoms with Gasteiger partial charge in [0.25, 0.3) is 0 Å². The second-order valence-electron chi connectivity index (χ2n) is 6.36. The lowest BCUT2D eigenvalue weighted by Gasteiger charge is -2.29. The third-order valence-electron chi connectivity index (χ3n) is 4.94. The van der Waals surface area contributed by atoms with E-state index in [4.69, 9.17) is 9.84 Å². The van der Waals surface area contributed by atoms with Crippen LogP contribution in [0.15, 0.2) is 0 Å². The van der Waals surface area contributed by atoms with Crippen molar-refractivity contribution < 1.29 is 4.74 Å². The molecule has 1 aromatic rings. The van der Waals surface area contributed by atoms with Crippen LogP contribution in [0.3, 0.4) is 0 Å². The van der Waals surface area contributed by atoms with Gasteiger partial charge in [-0.15, -0.1) is 0 Å². The van der Waals surface area contributed by atoms with Crippen LogP contribution in [0.5, 0.6) is 0 Å². The summed E-state index contributed by atoms with van der Waals surface area (Å²) in [6.07, 6.45) is 6.64. The Labute approximate surface area is 129 Å². The van der Waals surface area contributed by atoms with Crippen molar-refractivity contribution in [3.05, 3.63) is 17.0 Å². The van der Waals surface area contributed by atoms with Crippen molar-refractivity contribution in [3.63, 3.8) is 0 Å². The van der Waals surface area contributed by atoms with E-state index in [9.17, 15) is 0 Å². The number of hydrogen-bond acceptors (Lipinski definition) is 3. The van der Waals surface area contributed by atoms with Crippen molar-refractivity contribution in [2.75, 3.05) is 20.3 Å². The van der Waals surface area contributed by atoms with Gasteiger partial charge in [-0.05, 0) is 32.6 Å². The van der Waals surface area contributed by atoms with Gasteiger partial charge in [-0.1, -0.05) is 26.2 Å². The lowest BCUT2D eigenvalue weighted by molar-refractivity contribution is 0.199. The van der Waals surface area contributed by atoms with E-state index in [1.54, 1.807) is 7.11 Å². The Hall–Kier alpha value is -0.870. The fourth-order valence-corrected chi connectivity index (χ4v) is 3.55. The smallest absolute Gasteiger partial charge is 0.0641 e. The molecule has 0 spiro atoms. The lowest BCUT2D eigenvalue weighted by Crippen LogP contribution is -2.21. The van der Waals surface area contributed by atoms with Gasteiger partial charge in [-0.3, -0.25) is 4.68 Å². The molecule has 1 heterocycles. The third kappa shape index (κ3) is 4.07. The van der Waals surface area contributed by atoms with E-state index < -0.39 is 0 Å². The maximum atomic E-state index is 5.08. The van der Waals surface area contributed by atoms with Crippen molar-refractivity contribution in [2.45, 2.75) is 65.5 Å². The molecule has 4 nitrogen and oxygen atoms in total. The van der Waals surface area contributed by atoms with Crippen LogP contribution >= 0.6 is 0 Å². The van der Waals surface area contributed by atoms with E-state index >= 15 is 0 Å². The van der Waals surface area contributed by atoms with Gasteiger partial charge < -0.3 is 10.1 Å². The minimum Gasteiger partial charge on any atom is -0.383 e.